The first-order valence-corrected chi connectivity index (χ1v) is 16.2. The Morgan fingerprint density at radius 2 is 1.81 bits per heavy atom. The number of nitriles is 1. The molecule has 1 aliphatic heterocycles. The van der Waals surface area contributed by atoms with E-state index in [4.69, 9.17) is 35.3 Å². The van der Waals surface area contributed by atoms with Gasteiger partial charge in [-0.05, 0) is 61.4 Å². The second kappa shape index (κ2) is 14.5. The van der Waals surface area contributed by atoms with Crippen molar-refractivity contribution in [1.82, 2.24) is 4.57 Å². The predicted molar refractivity (Wildman–Crippen MR) is 181 cm³/mol. The van der Waals surface area contributed by atoms with E-state index in [0.29, 0.717) is 64.8 Å². The van der Waals surface area contributed by atoms with Crippen molar-refractivity contribution >= 4 is 50.9 Å². The zero-order valence-corrected chi connectivity index (χ0v) is 29.2. The summed E-state index contributed by atoms with van der Waals surface area (Å²) >= 11 is 11.4. The molecule has 0 aliphatic carbocycles. The van der Waals surface area contributed by atoms with Crippen molar-refractivity contribution in [2.75, 3.05) is 27.9 Å². The van der Waals surface area contributed by atoms with Gasteiger partial charge in [0.25, 0.3) is 5.56 Å². The van der Waals surface area contributed by atoms with E-state index in [9.17, 15) is 14.9 Å². The molecule has 13 heteroatoms. The Labute approximate surface area is 287 Å². The van der Waals surface area contributed by atoms with Crippen LogP contribution in [0.4, 0.5) is 0 Å². The van der Waals surface area contributed by atoms with Gasteiger partial charge in [-0.1, -0.05) is 57.1 Å². The van der Waals surface area contributed by atoms with E-state index in [1.807, 2.05) is 6.07 Å². The molecular weight excluding hydrogens is 710 g/mol. The maximum absolute atomic E-state index is 14.2. The summed E-state index contributed by atoms with van der Waals surface area (Å²) < 4.78 is 30.4. The second-order valence-corrected chi connectivity index (χ2v) is 12.4. The number of esters is 1. The van der Waals surface area contributed by atoms with Crippen LogP contribution in [-0.2, 0) is 16.1 Å². The topological polar surface area (TPSA) is 121 Å². The molecule has 0 amide bonds. The normalized spacial score (nSPS) is 14.2. The third-order valence-corrected chi connectivity index (χ3v) is 9.32. The first-order chi connectivity index (χ1) is 22.6. The Morgan fingerprint density at radius 1 is 1.11 bits per heavy atom. The van der Waals surface area contributed by atoms with Gasteiger partial charge in [0.2, 0.25) is 0 Å². The van der Waals surface area contributed by atoms with Gasteiger partial charge >= 0.3 is 5.97 Å². The monoisotopic (exact) mass is 737 g/mol. The van der Waals surface area contributed by atoms with Crippen molar-refractivity contribution in [1.29, 1.82) is 5.26 Å². The van der Waals surface area contributed by atoms with E-state index in [1.165, 1.54) is 37.2 Å². The summed E-state index contributed by atoms with van der Waals surface area (Å²) in [5.41, 5.74) is 2.62. The first kappa shape index (κ1) is 33.8. The number of rotatable bonds is 10. The number of hydrogen-bond acceptors (Lipinski definition) is 10. The van der Waals surface area contributed by atoms with Crippen LogP contribution in [0.5, 0.6) is 23.0 Å². The van der Waals surface area contributed by atoms with Crippen LogP contribution in [0, 0.1) is 11.3 Å². The summed E-state index contributed by atoms with van der Waals surface area (Å²) in [5, 5.41) is 9.67. The third-order valence-electron chi connectivity index (χ3n) is 7.37. The molecule has 1 atom stereocenters. The average molecular weight is 739 g/mol. The molecule has 0 spiro atoms. The molecule has 2 heterocycles. The number of carbonyl (C=O) groups excluding carboxylic acids is 1. The highest BCUT2D eigenvalue weighted by Gasteiger charge is 2.35. The number of halogens is 2. The van der Waals surface area contributed by atoms with Gasteiger partial charge in [0.05, 0.1) is 66.4 Å². The van der Waals surface area contributed by atoms with Crippen LogP contribution in [0.25, 0.3) is 6.08 Å². The van der Waals surface area contributed by atoms with Gasteiger partial charge in [0.1, 0.15) is 6.61 Å². The van der Waals surface area contributed by atoms with E-state index in [0.717, 1.165) is 0 Å². The summed E-state index contributed by atoms with van der Waals surface area (Å²) in [5.74, 6) is 0.957. The van der Waals surface area contributed by atoms with Gasteiger partial charge in [0.15, 0.2) is 27.8 Å². The number of thiazole rings is 1. The third kappa shape index (κ3) is 6.65. The highest BCUT2D eigenvalue weighted by molar-refractivity contribution is 9.10. The van der Waals surface area contributed by atoms with Crippen LogP contribution < -0.4 is 33.8 Å². The lowest BCUT2D eigenvalue weighted by Crippen LogP contribution is -2.40. The fourth-order valence-corrected chi connectivity index (χ4v) is 7.04. The fraction of sp³-hybridized carbons (Fsp3) is 0.235. The highest BCUT2D eigenvalue weighted by atomic mass is 79.9. The number of methoxy groups -OCH3 is 3. The van der Waals surface area contributed by atoms with Crippen molar-refractivity contribution < 1.29 is 28.5 Å². The number of hydrogen-bond donors (Lipinski definition) is 0. The molecule has 5 rings (SSSR count). The van der Waals surface area contributed by atoms with Crippen molar-refractivity contribution in [3.05, 3.63) is 111 Å². The molecule has 0 saturated carbocycles. The first-order valence-electron chi connectivity index (χ1n) is 14.2. The summed E-state index contributed by atoms with van der Waals surface area (Å²) in [6.45, 7) is 3.67. The molecule has 47 heavy (non-hydrogen) atoms. The summed E-state index contributed by atoms with van der Waals surface area (Å²) in [7, 11) is 4.52. The lowest BCUT2D eigenvalue weighted by molar-refractivity contribution is -0.139. The maximum Gasteiger partial charge on any atom is 0.338 e. The minimum absolute atomic E-state index is 0.103. The SMILES string of the molecule is CCOC(=O)C1=C(C)N=c2s/c(=C\c3cc(Cl)c(OCc4ccccc4C#N)c(OC)c3)c(=O)n2[C@H]1c1cc(OC)c(OC)cc1Br. The lowest BCUT2D eigenvalue weighted by atomic mass is 9.95. The van der Waals surface area contributed by atoms with Crippen molar-refractivity contribution in [2.24, 2.45) is 4.99 Å². The number of fused-ring (bicyclic) bond motifs is 1. The van der Waals surface area contributed by atoms with Crippen LogP contribution in [0.3, 0.4) is 0 Å². The van der Waals surface area contributed by atoms with Gasteiger partial charge in [-0.15, -0.1) is 0 Å². The smallest absolute Gasteiger partial charge is 0.338 e. The molecule has 0 unspecified atom stereocenters. The molecule has 1 aromatic heterocycles. The van der Waals surface area contributed by atoms with E-state index in [1.54, 1.807) is 62.4 Å². The van der Waals surface area contributed by atoms with Crippen LogP contribution in [0.2, 0.25) is 5.02 Å². The zero-order valence-electron chi connectivity index (χ0n) is 26.1. The van der Waals surface area contributed by atoms with Crippen LogP contribution in [-0.4, -0.2) is 38.5 Å². The molecule has 242 valence electrons. The summed E-state index contributed by atoms with van der Waals surface area (Å²) in [6, 6.07) is 15.2. The van der Waals surface area contributed by atoms with Crippen LogP contribution >= 0.6 is 38.9 Å². The van der Waals surface area contributed by atoms with Crippen molar-refractivity contribution in [2.45, 2.75) is 26.5 Å². The second-order valence-electron chi connectivity index (χ2n) is 10.1. The number of ether oxygens (including phenoxy) is 5. The number of carbonyl (C=O) groups is 1. The Hall–Kier alpha value is -4.57. The van der Waals surface area contributed by atoms with E-state index >= 15 is 0 Å². The zero-order chi connectivity index (χ0) is 33.8. The van der Waals surface area contributed by atoms with Crippen molar-refractivity contribution in [3.8, 4) is 29.1 Å². The minimum atomic E-state index is -0.883. The van der Waals surface area contributed by atoms with E-state index in [-0.39, 0.29) is 29.4 Å². The van der Waals surface area contributed by atoms with Gasteiger partial charge in [-0.3, -0.25) is 9.36 Å². The Bertz CT molecular complexity index is 2130. The summed E-state index contributed by atoms with van der Waals surface area (Å²) in [4.78, 5) is 32.5. The van der Waals surface area contributed by atoms with Gasteiger partial charge in [-0.25, -0.2) is 9.79 Å². The predicted octanol–water partition coefficient (Wildman–Crippen LogP) is 5.69. The van der Waals surface area contributed by atoms with Gasteiger partial charge < -0.3 is 23.7 Å². The molecule has 0 fully saturated rings. The van der Waals surface area contributed by atoms with Crippen LogP contribution in [0.1, 0.15) is 42.1 Å². The fourth-order valence-electron chi connectivity index (χ4n) is 5.18. The van der Waals surface area contributed by atoms with Gasteiger partial charge in [0, 0.05) is 10.0 Å². The summed E-state index contributed by atoms with van der Waals surface area (Å²) in [6.07, 6.45) is 1.68. The molecule has 0 bridgehead atoms. The molecule has 4 aromatic rings. The molecule has 0 N–H and O–H groups in total. The maximum atomic E-state index is 14.2. The van der Waals surface area contributed by atoms with E-state index in [2.05, 4.69) is 27.0 Å². The van der Waals surface area contributed by atoms with Crippen LogP contribution in [0.15, 0.2) is 74.1 Å². The Balaban J connectivity index is 1.62. The lowest BCUT2D eigenvalue weighted by Gasteiger charge is -2.26. The molecule has 3 aromatic carbocycles. The largest absolute Gasteiger partial charge is 0.493 e. The molecular formula is C34H29BrClN3O7S. The number of aromatic nitrogens is 1. The molecule has 0 saturated heterocycles. The van der Waals surface area contributed by atoms with Crippen molar-refractivity contribution in [3.63, 3.8) is 0 Å². The van der Waals surface area contributed by atoms with Gasteiger partial charge in [-0.2, -0.15) is 5.26 Å². The van der Waals surface area contributed by atoms with E-state index < -0.39 is 12.0 Å². The highest BCUT2D eigenvalue weighted by Crippen LogP contribution is 2.41. The minimum Gasteiger partial charge on any atom is -0.493 e. The number of benzene rings is 3. The standard InChI is InChI=1S/C34H29BrClN3O7S/c1-6-45-33(41)29-18(2)38-34-39(30(29)22-14-25(42-3)26(43-4)15-23(22)35)32(40)28(47-34)13-19-11-24(36)31(27(12-19)44-5)46-17-21-10-8-7-9-20(21)16-37/h7-15,30H,6,17H2,1-5H3/b28-13-/t30-/m0/s1. The number of allylic oxidation sites excluding steroid dienone is 1. The molecule has 0 radical (unpaired) electrons. The molecule has 1 aliphatic rings. The number of nitrogens with zero attached hydrogens (tertiary/aromatic N) is 3. The average Bonchev–Trinajstić information content (AvgIpc) is 3.36. The molecule has 10 nitrogen and oxygen atoms in total. The quantitative estimate of drug-likeness (QED) is 0.190. The Morgan fingerprint density at radius 3 is 2.49 bits per heavy atom. The Kier molecular flexibility index (Phi) is 10.4.